The first-order chi connectivity index (χ1) is 21.0. The number of fused-ring (bicyclic) bond motifs is 2. The number of para-hydroxylation sites is 7. The van der Waals surface area contributed by atoms with Crippen LogP contribution in [-0.2, 0) is 0 Å². The van der Waals surface area contributed by atoms with Crippen LogP contribution in [0.1, 0.15) is 0 Å². The Kier molecular flexibility index (Phi) is 9.93. The van der Waals surface area contributed by atoms with E-state index < -0.39 is 0 Å². The quantitative estimate of drug-likeness (QED) is 0.172. The molecule has 0 spiro atoms. The highest BCUT2D eigenvalue weighted by Gasteiger charge is 2.09. The van der Waals surface area contributed by atoms with E-state index in [1.165, 1.54) is 0 Å². The third-order valence-electron chi connectivity index (χ3n) is 5.93. The molecule has 0 bridgehead atoms. The first kappa shape index (κ1) is 29.3. The van der Waals surface area contributed by atoms with E-state index in [1.54, 1.807) is 0 Å². The molecule has 0 amide bonds. The monoisotopic (exact) mass is 603 g/mol. The van der Waals surface area contributed by atoms with Gasteiger partial charge in [-0.2, -0.15) is 0 Å². The zero-order chi connectivity index (χ0) is 29.9. The minimum absolute atomic E-state index is 0.246. The highest BCUT2D eigenvalue weighted by atomic mass is 35.5. The Morgan fingerprint density at radius 2 is 0.698 bits per heavy atom. The van der Waals surface area contributed by atoms with Crippen LogP contribution >= 0.6 is 23.2 Å². The summed E-state index contributed by atoms with van der Waals surface area (Å²) in [5, 5.41) is 7.19. The van der Waals surface area contributed by atoms with E-state index in [0.29, 0.717) is 11.6 Å². The Balaban J connectivity index is 0.000000159. The van der Waals surface area contributed by atoms with Crippen molar-refractivity contribution < 1.29 is 0 Å². The average Bonchev–Trinajstić information content (AvgIpc) is 3.04. The summed E-state index contributed by atoms with van der Waals surface area (Å²) in [6.07, 6.45) is 0. The van der Waals surface area contributed by atoms with E-state index in [-0.39, 0.29) is 10.3 Å². The molecule has 212 valence electrons. The molecule has 9 heteroatoms. The SMILES string of the molecule is Clc1nc2ccccc2nc1Cl.Nc1ccccc1.c1ccc(Nc2nc3ccccc3nc2Nc2ccccc2)cc1. The van der Waals surface area contributed by atoms with Crippen molar-refractivity contribution in [2.24, 2.45) is 0 Å². The molecule has 0 fully saturated rings. The topological polar surface area (TPSA) is 102 Å². The van der Waals surface area contributed by atoms with Crippen molar-refractivity contribution in [2.75, 3.05) is 16.4 Å². The van der Waals surface area contributed by atoms with Crippen LogP contribution in [0.3, 0.4) is 0 Å². The number of hydrogen-bond donors (Lipinski definition) is 3. The van der Waals surface area contributed by atoms with E-state index in [1.807, 2.05) is 140 Å². The second kappa shape index (κ2) is 14.6. The maximum Gasteiger partial charge on any atom is 0.174 e. The van der Waals surface area contributed by atoms with Crippen LogP contribution in [0.2, 0.25) is 10.3 Å². The van der Waals surface area contributed by atoms with E-state index in [9.17, 15) is 0 Å². The molecule has 0 aliphatic heterocycles. The van der Waals surface area contributed by atoms with E-state index in [2.05, 4.69) is 20.6 Å². The molecule has 4 N–H and O–H groups in total. The maximum atomic E-state index is 5.68. The van der Waals surface area contributed by atoms with E-state index in [0.717, 1.165) is 39.1 Å². The number of rotatable bonds is 4. The zero-order valence-corrected chi connectivity index (χ0v) is 24.4. The fraction of sp³-hybridized carbons (Fsp3) is 0. The highest BCUT2D eigenvalue weighted by Crippen LogP contribution is 2.27. The van der Waals surface area contributed by atoms with Gasteiger partial charge in [-0.25, -0.2) is 19.9 Å². The lowest BCUT2D eigenvalue weighted by molar-refractivity contribution is 1.27. The minimum atomic E-state index is 0.246. The van der Waals surface area contributed by atoms with Gasteiger partial charge in [-0.15, -0.1) is 0 Å². The molecule has 5 aromatic carbocycles. The van der Waals surface area contributed by atoms with Crippen molar-refractivity contribution in [2.45, 2.75) is 0 Å². The summed E-state index contributed by atoms with van der Waals surface area (Å²) in [5.41, 5.74) is 11.3. The van der Waals surface area contributed by atoms with Crippen molar-refractivity contribution in [3.63, 3.8) is 0 Å². The summed E-state index contributed by atoms with van der Waals surface area (Å²) in [7, 11) is 0. The fourth-order valence-electron chi connectivity index (χ4n) is 3.90. The molecule has 7 aromatic rings. The third-order valence-corrected chi connectivity index (χ3v) is 6.56. The minimum Gasteiger partial charge on any atom is -0.399 e. The van der Waals surface area contributed by atoms with Gasteiger partial charge < -0.3 is 16.4 Å². The van der Waals surface area contributed by atoms with Gasteiger partial charge in [0.15, 0.2) is 21.9 Å². The molecular formula is C34H27Cl2N7. The lowest BCUT2D eigenvalue weighted by Gasteiger charge is -2.13. The Morgan fingerprint density at radius 3 is 1.02 bits per heavy atom. The molecule has 2 heterocycles. The van der Waals surface area contributed by atoms with Gasteiger partial charge in [-0.3, -0.25) is 0 Å². The number of anilines is 5. The van der Waals surface area contributed by atoms with Crippen molar-refractivity contribution in [1.82, 2.24) is 19.9 Å². The number of nitrogens with two attached hydrogens (primary N) is 1. The molecule has 0 aliphatic carbocycles. The molecule has 0 aliphatic rings. The normalized spacial score (nSPS) is 10.2. The summed E-state index contributed by atoms with van der Waals surface area (Å²) in [6, 6.07) is 44.7. The standard InChI is InChI=1S/C20H16N4.C8H4Cl2N2.C6H7N/c1-3-9-15(10-4-1)21-19-20(22-16-11-5-2-6-12-16)24-18-14-8-7-13-17(18)23-19;9-7-8(10)12-6-4-2-1-3-5(6)11-7;7-6-4-2-1-3-5-6/h1-14H,(H,21,23)(H,22,24);1-4H;1-5H,7H2. The van der Waals surface area contributed by atoms with Gasteiger partial charge in [0.25, 0.3) is 0 Å². The molecule has 0 saturated carbocycles. The first-order valence-electron chi connectivity index (χ1n) is 13.3. The van der Waals surface area contributed by atoms with E-state index >= 15 is 0 Å². The average molecular weight is 605 g/mol. The molecule has 0 atom stereocenters. The van der Waals surface area contributed by atoms with Gasteiger partial charge in [-0.1, -0.05) is 102 Å². The summed E-state index contributed by atoms with van der Waals surface area (Å²) in [4.78, 5) is 17.6. The second-order valence-corrected chi connectivity index (χ2v) is 9.81. The molecule has 7 nitrogen and oxygen atoms in total. The number of nitrogen functional groups attached to an aromatic ring is 1. The van der Waals surface area contributed by atoms with Crippen LogP contribution in [0.5, 0.6) is 0 Å². The Morgan fingerprint density at radius 1 is 0.395 bits per heavy atom. The van der Waals surface area contributed by atoms with Crippen molar-refractivity contribution in [1.29, 1.82) is 0 Å². The summed E-state index contributed by atoms with van der Waals surface area (Å²) < 4.78 is 0. The highest BCUT2D eigenvalue weighted by molar-refractivity contribution is 6.40. The van der Waals surface area contributed by atoms with Crippen LogP contribution in [0, 0.1) is 0 Å². The second-order valence-electron chi connectivity index (χ2n) is 9.10. The predicted molar refractivity (Wildman–Crippen MR) is 179 cm³/mol. The molecular weight excluding hydrogens is 577 g/mol. The van der Waals surface area contributed by atoms with Crippen molar-refractivity contribution >= 4 is 74.0 Å². The number of nitrogens with one attached hydrogen (secondary N) is 2. The third kappa shape index (κ3) is 8.39. The Labute approximate surface area is 259 Å². The van der Waals surface area contributed by atoms with Gasteiger partial charge in [0.2, 0.25) is 0 Å². The summed E-state index contributed by atoms with van der Waals surface area (Å²) in [6.45, 7) is 0. The molecule has 0 saturated heterocycles. The number of halogens is 2. The lowest BCUT2D eigenvalue weighted by Crippen LogP contribution is -2.03. The number of benzene rings is 5. The largest absolute Gasteiger partial charge is 0.399 e. The summed E-state index contributed by atoms with van der Waals surface area (Å²) in [5.74, 6) is 1.40. The van der Waals surface area contributed by atoms with Gasteiger partial charge in [-0.05, 0) is 60.7 Å². The first-order valence-corrected chi connectivity index (χ1v) is 14.1. The lowest BCUT2D eigenvalue weighted by atomic mass is 10.3. The molecule has 7 rings (SSSR count). The van der Waals surface area contributed by atoms with Crippen molar-refractivity contribution in [3.8, 4) is 0 Å². The smallest absolute Gasteiger partial charge is 0.174 e. The van der Waals surface area contributed by atoms with Crippen LogP contribution < -0.4 is 16.4 Å². The van der Waals surface area contributed by atoms with Gasteiger partial charge in [0.1, 0.15) is 0 Å². The predicted octanol–water partition coefficient (Wildman–Crippen LogP) is 9.32. The van der Waals surface area contributed by atoms with Gasteiger partial charge in [0.05, 0.1) is 22.1 Å². The number of hydrogen-bond acceptors (Lipinski definition) is 7. The van der Waals surface area contributed by atoms with Crippen molar-refractivity contribution in [3.05, 3.63) is 150 Å². The van der Waals surface area contributed by atoms with E-state index in [4.69, 9.17) is 38.9 Å². The Hall–Kier alpha value is -5.24. The molecule has 0 radical (unpaired) electrons. The fourth-order valence-corrected chi connectivity index (χ4v) is 4.17. The molecule has 43 heavy (non-hydrogen) atoms. The zero-order valence-electron chi connectivity index (χ0n) is 22.9. The summed E-state index contributed by atoms with van der Waals surface area (Å²) >= 11 is 11.4. The maximum absolute atomic E-state index is 5.68. The van der Waals surface area contributed by atoms with Crippen LogP contribution in [0.25, 0.3) is 22.1 Å². The van der Waals surface area contributed by atoms with Crippen LogP contribution in [-0.4, -0.2) is 19.9 Å². The van der Waals surface area contributed by atoms with Crippen LogP contribution in [0.15, 0.2) is 140 Å². The number of nitrogens with zero attached hydrogens (tertiary/aromatic N) is 4. The van der Waals surface area contributed by atoms with Gasteiger partial charge >= 0.3 is 0 Å². The molecule has 0 unspecified atom stereocenters. The number of aromatic nitrogens is 4. The van der Waals surface area contributed by atoms with Crippen LogP contribution in [0.4, 0.5) is 28.7 Å². The Bertz CT molecular complexity index is 1790. The van der Waals surface area contributed by atoms with Gasteiger partial charge in [0, 0.05) is 17.1 Å². The molecule has 2 aromatic heterocycles.